The highest BCUT2D eigenvalue weighted by atomic mass is 127. The first-order valence-corrected chi connectivity index (χ1v) is 5.84. The molecule has 1 saturated heterocycles. The zero-order valence-corrected chi connectivity index (χ0v) is 9.30. The van der Waals surface area contributed by atoms with E-state index in [1.54, 1.807) is 0 Å². The number of halogens is 1. The third-order valence-electron chi connectivity index (χ3n) is 2.32. The average molecular weight is 268 g/mol. The Bertz CT molecular complexity index is 108. The fourth-order valence-corrected chi connectivity index (χ4v) is 1.95. The molecule has 2 nitrogen and oxygen atoms in total. The fourth-order valence-electron chi connectivity index (χ4n) is 1.57. The summed E-state index contributed by atoms with van der Waals surface area (Å²) in [6, 6.07) is 0.804. The standard InChI is InChI=1S/C8H17IN2/c1-11-6-2-3-8(11)7-10-5-4-9/h8,10H,2-7H2,1H3. The fraction of sp³-hybridized carbons (Fsp3) is 1.00. The van der Waals surface area contributed by atoms with Crippen molar-refractivity contribution in [2.24, 2.45) is 0 Å². The highest BCUT2D eigenvalue weighted by Gasteiger charge is 2.19. The Morgan fingerprint density at radius 1 is 1.64 bits per heavy atom. The van der Waals surface area contributed by atoms with Crippen molar-refractivity contribution < 1.29 is 0 Å². The van der Waals surface area contributed by atoms with Gasteiger partial charge in [-0.15, -0.1) is 0 Å². The summed E-state index contributed by atoms with van der Waals surface area (Å²) >= 11 is 2.40. The summed E-state index contributed by atoms with van der Waals surface area (Å²) in [6.45, 7) is 3.63. The predicted molar refractivity (Wildman–Crippen MR) is 57.4 cm³/mol. The topological polar surface area (TPSA) is 15.3 Å². The summed E-state index contributed by atoms with van der Waals surface area (Å²) in [4.78, 5) is 2.46. The molecule has 11 heavy (non-hydrogen) atoms. The minimum absolute atomic E-state index is 0.804. The number of likely N-dealkylation sites (tertiary alicyclic amines) is 1. The van der Waals surface area contributed by atoms with Crippen molar-refractivity contribution in [3.63, 3.8) is 0 Å². The molecule has 1 N–H and O–H groups in total. The van der Waals surface area contributed by atoms with Crippen LogP contribution in [-0.4, -0.2) is 42.1 Å². The molecule has 1 heterocycles. The maximum Gasteiger partial charge on any atom is 0.0218 e. The van der Waals surface area contributed by atoms with Gasteiger partial charge in [0.05, 0.1) is 0 Å². The third kappa shape index (κ3) is 3.25. The quantitative estimate of drug-likeness (QED) is 0.467. The molecular formula is C8H17IN2. The molecule has 1 aliphatic rings. The van der Waals surface area contributed by atoms with Gasteiger partial charge >= 0.3 is 0 Å². The summed E-state index contributed by atoms with van der Waals surface area (Å²) < 4.78 is 1.22. The van der Waals surface area contributed by atoms with Crippen molar-refractivity contribution in [3.05, 3.63) is 0 Å². The van der Waals surface area contributed by atoms with Crippen LogP contribution in [0.15, 0.2) is 0 Å². The zero-order valence-electron chi connectivity index (χ0n) is 7.15. The minimum atomic E-state index is 0.804. The Balaban J connectivity index is 2.05. The summed E-state index contributed by atoms with van der Waals surface area (Å²) in [5.74, 6) is 0. The number of alkyl halides is 1. The molecule has 1 fully saturated rings. The van der Waals surface area contributed by atoms with E-state index in [1.165, 1.54) is 30.4 Å². The van der Waals surface area contributed by atoms with Gasteiger partial charge in [0.2, 0.25) is 0 Å². The molecule has 1 unspecified atom stereocenters. The van der Waals surface area contributed by atoms with E-state index in [4.69, 9.17) is 0 Å². The highest BCUT2D eigenvalue weighted by molar-refractivity contribution is 14.1. The van der Waals surface area contributed by atoms with Crippen LogP contribution in [0.3, 0.4) is 0 Å². The first-order valence-electron chi connectivity index (χ1n) is 4.31. The van der Waals surface area contributed by atoms with Crippen LogP contribution in [0.5, 0.6) is 0 Å². The van der Waals surface area contributed by atoms with Gasteiger partial charge in [0, 0.05) is 23.6 Å². The van der Waals surface area contributed by atoms with Crippen LogP contribution in [0.4, 0.5) is 0 Å². The van der Waals surface area contributed by atoms with Crippen molar-refractivity contribution in [3.8, 4) is 0 Å². The lowest BCUT2D eigenvalue weighted by atomic mass is 10.2. The summed E-state index contributed by atoms with van der Waals surface area (Å²) in [5, 5.41) is 3.46. The third-order valence-corrected chi connectivity index (χ3v) is 2.86. The number of rotatable bonds is 4. The Morgan fingerprint density at radius 2 is 2.45 bits per heavy atom. The molecule has 0 aromatic rings. The molecule has 0 radical (unpaired) electrons. The van der Waals surface area contributed by atoms with Crippen LogP contribution in [0.2, 0.25) is 0 Å². The molecule has 0 bridgehead atoms. The van der Waals surface area contributed by atoms with Crippen molar-refractivity contribution in [1.29, 1.82) is 0 Å². The van der Waals surface area contributed by atoms with Gasteiger partial charge in [0.25, 0.3) is 0 Å². The van der Waals surface area contributed by atoms with Crippen LogP contribution in [-0.2, 0) is 0 Å². The Hall–Kier alpha value is 0.650. The number of nitrogens with one attached hydrogen (secondary N) is 1. The van der Waals surface area contributed by atoms with Gasteiger partial charge in [0.1, 0.15) is 0 Å². The molecule has 0 aliphatic carbocycles. The number of hydrogen-bond acceptors (Lipinski definition) is 2. The smallest absolute Gasteiger partial charge is 0.0218 e. The second kappa shape index (κ2) is 5.32. The molecule has 0 aromatic carbocycles. The van der Waals surface area contributed by atoms with E-state index in [-0.39, 0.29) is 0 Å². The van der Waals surface area contributed by atoms with Gasteiger partial charge in [-0.25, -0.2) is 0 Å². The summed E-state index contributed by atoms with van der Waals surface area (Å²) in [7, 11) is 2.23. The van der Waals surface area contributed by atoms with Crippen molar-refractivity contribution in [2.75, 3.05) is 31.1 Å². The second-order valence-electron chi connectivity index (χ2n) is 3.17. The van der Waals surface area contributed by atoms with E-state index in [0.29, 0.717) is 0 Å². The normalized spacial score (nSPS) is 26.2. The number of nitrogens with zero attached hydrogens (tertiary/aromatic N) is 1. The summed E-state index contributed by atoms with van der Waals surface area (Å²) in [5.41, 5.74) is 0. The minimum Gasteiger partial charge on any atom is -0.314 e. The Kier molecular flexibility index (Phi) is 4.71. The lowest BCUT2D eigenvalue weighted by Crippen LogP contribution is -2.36. The van der Waals surface area contributed by atoms with Crippen LogP contribution < -0.4 is 5.32 Å². The maximum absolute atomic E-state index is 3.46. The summed E-state index contributed by atoms with van der Waals surface area (Å²) in [6.07, 6.45) is 2.76. The molecule has 0 aromatic heterocycles. The molecule has 0 spiro atoms. The average Bonchev–Trinajstić information content (AvgIpc) is 2.37. The van der Waals surface area contributed by atoms with E-state index >= 15 is 0 Å². The number of likely N-dealkylation sites (N-methyl/N-ethyl adjacent to an activating group) is 1. The molecule has 1 atom stereocenters. The SMILES string of the molecule is CN1CCCC1CNCCI. The van der Waals surface area contributed by atoms with Crippen molar-refractivity contribution >= 4 is 22.6 Å². The molecule has 1 rings (SSSR count). The van der Waals surface area contributed by atoms with Crippen LogP contribution >= 0.6 is 22.6 Å². The second-order valence-corrected chi connectivity index (χ2v) is 4.25. The first-order chi connectivity index (χ1) is 5.34. The van der Waals surface area contributed by atoms with Crippen LogP contribution in [0.25, 0.3) is 0 Å². The van der Waals surface area contributed by atoms with E-state index in [0.717, 1.165) is 12.6 Å². The largest absolute Gasteiger partial charge is 0.314 e. The van der Waals surface area contributed by atoms with Crippen molar-refractivity contribution in [1.82, 2.24) is 10.2 Å². The lowest BCUT2D eigenvalue weighted by Gasteiger charge is -2.19. The Labute approximate surface area is 82.9 Å². The van der Waals surface area contributed by atoms with Crippen LogP contribution in [0.1, 0.15) is 12.8 Å². The molecule has 66 valence electrons. The lowest BCUT2D eigenvalue weighted by molar-refractivity contribution is 0.302. The van der Waals surface area contributed by atoms with Gasteiger partial charge in [-0.05, 0) is 26.4 Å². The van der Waals surface area contributed by atoms with Gasteiger partial charge < -0.3 is 10.2 Å². The zero-order chi connectivity index (χ0) is 8.10. The van der Waals surface area contributed by atoms with E-state index in [9.17, 15) is 0 Å². The van der Waals surface area contributed by atoms with Crippen molar-refractivity contribution in [2.45, 2.75) is 18.9 Å². The van der Waals surface area contributed by atoms with Gasteiger partial charge in [-0.3, -0.25) is 0 Å². The van der Waals surface area contributed by atoms with Gasteiger partial charge in [-0.2, -0.15) is 0 Å². The maximum atomic E-state index is 3.46. The predicted octanol–water partition coefficient (Wildman–Crippen LogP) is 1.11. The Morgan fingerprint density at radius 3 is 3.00 bits per heavy atom. The highest BCUT2D eigenvalue weighted by Crippen LogP contribution is 2.13. The van der Waals surface area contributed by atoms with E-state index in [2.05, 4.69) is 39.9 Å². The van der Waals surface area contributed by atoms with Gasteiger partial charge in [0.15, 0.2) is 0 Å². The number of hydrogen-bond donors (Lipinski definition) is 1. The molecule has 0 amide bonds. The van der Waals surface area contributed by atoms with Gasteiger partial charge in [-0.1, -0.05) is 22.6 Å². The van der Waals surface area contributed by atoms with E-state index < -0.39 is 0 Å². The van der Waals surface area contributed by atoms with Crippen LogP contribution in [0, 0.1) is 0 Å². The monoisotopic (exact) mass is 268 g/mol. The first kappa shape index (κ1) is 9.74. The molecule has 0 saturated carbocycles. The van der Waals surface area contributed by atoms with E-state index in [1.807, 2.05) is 0 Å². The molecule has 1 aliphatic heterocycles. The molecule has 3 heteroatoms. The molecular weight excluding hydrogens is 251 g/mol.